The van der Waals surface area contributed by atoms with Crippen molar-refractivity contribution in [2.75, 3.05) is 6.61 Å². The third kappa shape index (κ3) is 1.77. The predicted molar refractivity (Wildman–Crippen MR) is 31.2 cm³/mol. The van der Waals surface area contributed by atoms with Gasteiger partial charge in [0.1, 0.15) is 6.20 Å². The molecule has 0 saturated heterocycles. The first-order valence-electron chi connectivity index (χ1n) is 2.58. The van der Waals surface area contributed by atoms with Crippen molar-refractivity contribution < 1.29 is 13.9 Å². The number of primary amides is 1. The Balaban J connectivity index is 2.35. The van der Waals surface area contributed by atoms with Crippen LogP contribution >= 0.6 is 0 Å². The molecule has 0 radical (unpaired) electrons. The second kappa shape index (κ2) is 2.86. The summed E-state index contributed by atoms with van der Waals surface area (Å²) in [4.78, 5) is 13.7. The Hall–Kier alpha value is -1.52. The number of hydrogen-bond acceptors (Lipinski definition) is 4. The Labute approximate surface area is 56.8 Å². The smallest absolute Gasteiger partial charge is 0.305 e. The van der Waals surface area contributed by atoms with Crippen molar-refractivity contribution >= 4 is 5.91 Å². The molecule has 0 unspecified atom stereocenters. The lowest BCUT2D eigenvalue weighted by Gasteiger charge is -1.94. The standard InChI is InChI=1S/C5H6N2O3/c6-4(8)2-9-5-1-7-3-10-5/h1,3H,2H2,(H2,6,8). The van der Waals surface area contributed by atoms with Gasteiger partial charge < -0.3 is 14.9 Å². The first kappa shape index (κ1) is 6.60. The van der Waals surface area contributed by atoms with Crippen LogP contribution in [0.5, 0.6) is 5.95 Å². The molecule has 1 rings (SSSR count). The molecule has 0 saturated carbocycles. The van der Waals surface area contributed by atoms with Gasteiger partial charge in [0.15, 0.2) is 13.0 Å². The molecule has 5 heteroatoms. The van der Waals surface area contributed by atoms with E-state index in [1.165, 1.54) is 12.6 Å². The minimum Gasteiger partial charge on any atom is -0.454 e. The van der Waals surface area contributed by atoms with Crippen LogP contribution in [-0.2, 0) is 4.79 Å². The van der Waals surface area contributed by atoms with Crippen molar-refractivity contribution in [2.45, 2.75) is 0 Å². The molecule has 0 fully saturated rings. The van der Waals surface area contributed by atoms with Gasteiger partial charge >= 0.3 is 5.95 Å². The largest absolute Gasteiger partial charge is 0.454 e. The molecule has 1 amide bonds. The number of carbonyl (C=O) groups excluding carboxylic acids is 1. The summed E-state index contributed by atoms with van der Waals surface area (Å²) >= 11 is 0. The summed E-state index contributed by atoms with van der Waals surface area (Å²) in [6.45, 7) is -0.185. The van der Waals surface area contributed by atoms with Crippen LogP contribution in [-0.4, -0.2) is 17.5 Å². The van der Waals surface area contributed by atoms with E-state index < -0.39 is 5.91 Å². The summed E-state index contributed by atoms with van der Waals surface area (Å²) in [5.74, 6) is -0.352. The number of nitrogens with two attached hydrogens (primary N) is 1. The maximum Gasteiger partial charge on any atom is 0.305 e. The Morgan fingerprint density at radius 1 is 1.90 bits per heavy atom. The van der Waals surface area contributed by atoms with E-state index in [1.54, 1.807) is 0 Å². The number of oxazole rings is 1. The van der Waals surface area contributed by atoms with E-state index >= 15 is 0 Å². The maximum atomic E-state index is 10.1. The van der Waals surface area contributed by atoms with Crippen molar-refractivity contribution in [2.24, 2.45) is 5.73 Å². The molecular weight excluding hydrogens is 136 g/mol. The Morgan fingerprint density at radius 2 is 2.70 bits per heavy atom. The zero-order chi connectivity index (χ0) is 7.40. The summed E-state index contributed by atoms with van der Waals surface area (Å²) in [6.07, 6.45) is 2.55. The van der Waals surface area contributed by atoms with Gasteiger partial charge in [-0.2, -0.15) is 0 Å². The highest BCUT2D eigenvalue weighted by Crippen LogP contribution is 2.05. The number of aromatic nitrogens is 1. The van der Waals surface area contributed by atoms with E-state index in [2.05, 4.69) is 9.40 Å². The fourth-order valence-corrected chi connectivity index (χ4v) is 0.418. The van der Waals surface area contributed by atoms with Gasteiger partial charge in [-0.15, -0.1) is 0 Å². The van der Waals surface area contributed by atoms with Crippen molar-refractivity contribution in [1.29, 1.82) is 0 Å². The summed E-state index contributed by atoms with van der Waals surface area (Å²) in [7, 11) is 0. The molecule has 0 atom stereocenters. The number of amides is 1. The molecule has 0 aromatic carbocycles. The molecule has 5 nitrogen and oxygen atoms in total. The molecule has 0 bridgehead atoms. The molecule has 0 aliphatic heterocycles. The normalized spacial score (nSPS) is 9.20. The van der Waals surface area contributed by atoms with Crippen LogP contribution in [0.3, 0.4) is 0 Å². The van der Waals surface area contributed by atoms with E-state index in [-0.39, 0.29) is 12.6 Å². The van der Waals surface area contributed by atoms with Crippen LogP contribution < -0.4 is 10.5 Å². The van der Waals surface area contributed by atoms with Gasteiger partial charge in [0, 0.05) is 0 Å². The fourth-order valence-electron chi connectivity index (χ4n) is 0.418. The molecule has 0 aliphatic rings. The molecule has 1 aromatic rings. The van der Waals surface area contributed by atoms with Crippen molar-refractivity contribution in [3.05, 3.63) is 12.6 Å². The van der Waals surface area contributed by atoms with Gasteiger partial charge in [0.25, 0.3) is 5.91 Å². The van der Waals surface area contributed by atoms with Gasteiger partial charge in [-0.1, -0.05) is 0 Å². The Kier molecular flexibility index (Phi) is 1.89. The summed E-state index contributed by atoms with van der Waals surface area (Å²) in [5.41, 5.74) is 4.78. The van der Waals surface area contributed by atoms with Crippen LogP contribution in [0.1, 0.15) is 0 Å². The lowest BCUT2D eigenvalue weighted by Crippen LogP contribution is -2.19. The van der Waals surface area contributed by atoms with Crippen LogP contribution in [0, 0.1) is 0 Å². The van der Waals surface area contributed by atoms with Gasteiger partial charge in [-0.05, 0) is 0 Å². The van der Waals surface area contributed by atoms with E-state index in [9.17, 15) is 4.79 Å². The number of rotatable bonds is 3. The number of carbonyl (C=O) groups is 1. The zero-order valence-electron chi connectivity index (χ0n) is 5.11. The van der Waals surface area contributed by atoms with Crippen molar-refractivity contribution in [3.8, 4) is 5.95 Å². The van der Waals surface area contributed by atoms with Gasteiger partial charge in [-0.25, -0.2) is 4.98 Å². The molecule has 1 heterocycles. The van der Waals surface area contributed by atoms with Gasteiger partial charge in [-0.3, -0.25) is 4.79 Å². The minimum absolute atomic E-state index is 0.185. The topological polar surface area (TPSA) is 78.4 Å². The van der Waals surface area contributed by atoms with E-state index in [4.69, 9.17) is 10.5 Å². The third-order valence-electron chi connectivity index (χ3n) is 0.766. The highest BCUT2D eigenvalue weighted by Gasteiger charge is 1.98. The molecule has 10 heavy (non-hydrogen) atoms. The number of hydrogen-bond donors (Lipinski definition) is 1. The lowest BCUT2D eigenvalue weighted by atomic mass is 10.7. The minimum atomic E-state index is -0.545. The van der Waals surface area contributed by atoms with Gasteiger partial charge in [0.05, 0.1) is 0 Å². The predicted octanol–water partition coefficient (Wildman–Crippen LogP) is -0.461. The fraction of sp³-hybridized carbons (Fsp3) is 0.200. The van der Waals surface area contributed by atoms with Crippen molar-refractivity contribution in [1.82, 2.24) is 4.98 Å². The Bertz CT molecular complexity index is 207. The van der Waals surface area contributed by atoms with Gasteiger partial charge in [0.2, 0.25) is 0 Å². The van der Waals surface area contributed by atoms with Crippen molar-refractivity contribution in [3.63, 3.8) is 0 Å². The third-order valence-corrected chi connectivity index (χ3v) is 0.766. The summed E-state index contributed by atoms with van der Waals surface area (Å²) in [6, 6.07) is 0. The molecule has 0 aliphatic carbocycles. The van der Waals surface area contributed by atoms with Crippen LogP contribution in [0.15, 0.2) is 17.0 Å². The lowest BCUT2D eigenvalue weighted by molar-refractivity contribution is -0.120. The first-order valence-corrected chi connectivity index (χ1v) is 2.58. The summed E-state index contributed by atoms with van der Waals surface area (Å²) < 4.78 is 9.35. The zero-order valence-corrected chi connectivity index (χ0v) is 5.11. The second-order valence-corrected chi connectivity index (χ2v) is 1.58. The molecule has 2 N–H and O–H groups in total. The van der Waals surface area contributed by atoms with Crippen LogP contribution in [0.4, 0.5) is 0 Å². The molecular formula is C5H6N2O3. The average Bonchev–Trinajstić information content (AvgIpc) is 2.34. The number of nitrogens with zero attached hydrogens (tertiary/aromatic N) is 1. The highest BCUT2D eigenvalue weighted by molar-refractivity contribution is 5.75. The number of ether oxygens (including phenoxy) is 1. The Morgan fingerprint density at radius 3 is 3.20 bits per heavy atom. The SMILES string of the molecule is NC(=O)COc1cnco1. The van der Waals surface area contributed by atoms with E-state index in [0.717, 1.165) is 0 Å². The highest BCUT2D eigenvalue weighted by atomic mass is 16.6. The summed E-state index contributed by atoms with van der Waals surface area (Å²) in [5, 5.41) is 0. The van der Waals surface area contributed by atoms with Crippen LogP contribution in [0.2, 0.25) is 0 Å². The first-order chi connectivity index (χ1) is 4.79. The monoisotopic (exact) mass is 142 g/mol. The molecule has 54 valence electrons. The van der Waals surface area contributed by atoms with Crippen LogP contribution in [0.25, 0.3) is 0 Å². The van der Waals surface area contributed by atoms with E-state index in [0.29, 0.717) is 0 Å². The van der Waals surface area contributed by atoms with E-state index in [1.807, 2.05) is 0 Å². The quantitative estimate of drug-likeness (QED) is 0.619. The molecule has 0 spiro atoms. The average molecular weight is 142 g/mol. The molecule has 1 aromatic heterocycles. The maximum absolute atomic E-state index is 10.1. The second-order valence-electron chi connectivity index (χ2n) is 1.58.